The molecule has 0 saturated carbocycles. The number of ketones is 1. The third-order valence-electron chi connectivity index (χ3n) is 5.50. The lowest BCUT2D eigenvalue weighted by Gasteiger charge is -2.37. The van der Waals surface area contributed by atoms with Gasteiger partial charge in [0.15, 0.2) is 5.78 Å². The fourth-order valence-electron chi connectivity index (χ4n) is 4.35. The molecule has 0 radical (unpaired) electrons. The zero-order chi connectivity index (χ0) is 20.9. The first-order valence-corrected chi connectivity index (χ1v) is 10.3. The van der Waals surface area contributed by atoms with Crippen LogP contribution in [0.2, 0.25) is 10.0 Å². The van der Waals surface area contributed by atoms with E-state index in [0.717, 1.165) is 17.1 Å². The van der Waals surface area contributed by atoms with E-state index in [1.807, 2.05) is 24.3 Å². The standard InChI is InChI=1S/C23H22Cl2N2O2/c1-13(28)27-19-7-5-4-6-17(19)26-18-11-23(2,3)12-20(29)21(18)22(27)15-9-8-14(24)10-16(15)25/h4-10,22,26H,11-12H2,1-3H3/t22-/m1/s1. The molecular formula is C23H22Cl2N2O2. The Hall–Kier alpha value is -2.30. The van der Waals surface area contributed by atoms with E-state index in [1.165, 1.54) is 6.92 Å². The second-order valence-corrected chi connectivity index (χ2v) is 9.28. The molecule has 1 atom stereocenters. The van der Waals surface area contributed by atoms with Gasteiger partial charge in [0.2, 0.25) is 5.91 Å². The Morgan fingerprint density at radius 3 is 2.55 bits per heavy atom. The van der Waals surface area contributed by atoms with E-state index in [2.05, 4.69) is 19.2 Å². The highest BCUT2D eigenvalue weighted by Gasteiger charge is 2.43. The van der Waals surface area contributed by atoms with Gasteiger partial charge in [0, 0.05) is 34.7 Å². The van der Waals surface area contributed by atoms with Gasteiger partial charge in [-0.1, -0.05) is 55.2 Å². The predicted molar refractivity (Wildman–Crippen MR) is 117 cm³/mol. The van der Waals surface area contributed by atoms with Crippen LogP contribution in [-0.2, 0) is 9.59 Å². The Morgan fingerprint density at radius 1 is 1.14 bits per heavy atom. The molecule has 6 heteroatoms. The van der Waals surface area contributed by atoms with Crippen LogP contribution in [0.3, 0.4) is 0 Å². The Kier molecular flexibility index (Phi) is 4.96. The van der Waals surface area contributed by atoms with Gasteiger partial charge >= 0.3 is 0 Å². The molecule has 1 aliphatic heterocycles. The first-order chi connectivity index (χ1) is 13.7. The number of nitrogens with zero attached hydrogens (tertiary/aromatic N) is 1. The maximum Gasteiger partial charge on any atom is 0.224 e. The number of benzene rings is 2. The molecule has 1 aliphatic carbocycles. The summed E-state index contributed by atoms with van der Waals surface area (Å²) in [6.45, 7) is 5.68. The van der Waals surface area contributed by atoms with Crippen LogP contribution in [0.25, 0.3) is 0 Å². The van der Waals surface area contributed by atoms with E-state index in [4.69, 9.17) is 23.2 Å². The number of rotatable bonds is 1. The van der Waals surface area contributed by atoms with E-state index >= 15 is 0 Å². The number of carbonyl (C=O) groups excluding carboxylic acids is 2. The summed E-state index contributed by atoms with van der Waals surface area (Å²) in [5.74, 6) is -0.138. The average molecular weight is 429 g/mol. The Labute approximate surface area is 180 Å². The SMILES string of the molecule is CC(=O)N1c2ccccc2NC2=C(C(=O)CC(C)(C)C2)[C@H]1c1ccc(Cl)cc1Cl. The minimum Gasteiger partial charge on any atom is -0.357 e. The number of Topliss-reactive ketones (excluding diaryl/α,β-unsaturated/α-hetero) is 1. The van der Waals surface area contributed by atoms with Gasteiger partial charge in [-0.15, -0.1) is 0 Å². The molecule has 0 bridgehead atoms. The number of halogens is 2. The molecule has 2 aromatic carbocycles. The zero-order valence-electron chi connectivity index (χ0n) is 16.6. The van der Waals surface area contributed by atoms with Crippen molar-refractivity contribution >= 4 is 46.3 Å². The van der Waals surface area contributed by atoms with Gasteiger partial charge in [-0.05, 0) is 41.7 Å². The molecule has 0 spiro atoms. The first kappa shape index (κ1) is 20.0. The fourth-order valence-corrected chi connectivity index (χ4v) is 4.86. The van der Waals surface area contributed by atoms with Gasteiger partial charge in [-0.2, -0.15) is 0 Å². The Bertz CT molecular complexity index is 1060. The molecular weight excluding hydrogens is 407 g/mol. The normalized spacial score (nSPS) is 20.5. The third kappa shape index (κ3) is 3.56. The second kappa shape index (κ2) is 7.19. The van der Waals surface area contributed by atoms with Gasteiger partial charge in [0.25, 0.3) is 0 Å². The lowest BCUT2D eigenvalue weighted by molar-refractivity contribution is -0.118. The highest BCUT2D eigenvalue weighted by atomic mass is 35.5. The lowest BCUT2D eigenvalue weighted by Crippen LogP contribution is -2.38. The van der Waals surface area contributed by atoms with Crippen molar-refractivity contribution in [3.63, 3.8) is 0 Å². The molecule has 4 nitrogen and oxygen atoms in total. The van der Waals surface area contributed by atoms with E-state index in [9.17, 15) is 9.59 Å². The summed E-state index contributed by atoms with van der Waals surface area (Å²) in [5, 5.41) is 4.39. The monoisotopic (exact) mass is 428 g/mol. The zero-order valence-corrected chi connectivity index (χ0v) is 18.1. The van der Waals surface area contributed by atoms with Crippen LogP contribution < -0.4 is 10.2 Å². The average Bonchev–Trinajstić information content (AvgIpc) is 2.74. The molecule has 2 aromatic rings. The van der Waals surface area contributed by atoms with Crippen LogP contribution in [0.4, 0.5) is 11.4 Å². The Morgan fingerprint density at radius 2 is 1.86 bits per heavy atom. The molecule has 0 unspecified atom stereocenters. The number of amides is 1. The van der Waals surface area contributed by atoms with E-state index in [1.54, 1.807) is 23.1 Å². The van der Waals surface area contributed by atoms with Gasteiger partial charge in [0.05, 0.1) is 17.4 Å². The second-order valence-electron chi connectivity index (χ2n) is 8.43. The maximum atomic E-state index is 13.4. The molecule has 2 aliphatic rings. The van der Waals surface area contributed by atoms with Crippen LogP contribution >= 0.6 is 23.2 Å². The number of allylic oxidation sites excluding steroid dienone is 1. The summed E-state index contributed by atoms with van der Waals surface area (Å²) in [7, 11) is 0. The van der Waals surface area contributed by atoms with E-state index in [0.29, 0.717) is 34.0 Å². The molecule has 29 heavy (non-hydrogen) atoms. The summed E-state index contributed by atoms with van der Waals surface area (Å²) in [4.78, 5) is 27.9. The van der Waals surface area contributed by atoms with Gasteiger partial charge in [-0.3, -0.25) is 14.5 Å². The Balaban J connectivity index is 2.04. The van der Waals surface area contributed by atoms with Gasteiger partial charge < -0.3 is 5.32 Å². The number of nitrogens with one attached hydrogen (secondary N) is 1. The maximum absolute atomic E-state index is 13.4. The fraction of sp³-hybridized carbons (Fsp3) is 0.304. The largest absolute Gasteiger partial charge is 0.357 e. The van der Waals surface area contributed by atoms with Crippen molar-refractivity contribution in [1.29, 1.82) is 0 Å². The van der Waals surface area contributed by atoms with Crippen molar-refractivity contribution in [3.8, 4) is 0 Å². The number of para-hydroxylation sites is 2. The number of hydrogen-bond donors (Lipinski definition) is 1. The molecule has 150 valence electrons. The summed E-state index contributed by atoms with van der Waals surface area (Å²) < 4.78 is 0. The van der Waals surface area contributed by atoms with Crippen LogP contribution in [0.1, 0.15) is 45.2 Å². The van der Waals surface area contributed by atoms with E-state index in [-0.39, 0.29) is 17.1 Å². The predicted octanol–water partition coefficient (Wildman–Crippen LogP) is 6.16. The van der Waals surface area contributed by atoms with Crippen LogP contribution in [0.15, 0.2) is 53.7 Å². The van der Waals surface area contributed by atoms with Crippen molar-refractivity contribution in [1.82, 2.24) is 0 Å². The van der Waals surface area contributed by atoms with Gasteiger partial charge in [-0.25, -0.2) is 0 Å². The molecule has 0 fully saturated rings. The summed E-state index contributed by atoms with van der Waals surface area (Å²) >= 11 is 12.7. The van der Waals surface area contributed by atoms with Crippen LogP contribution in [-0.4, -0.2) is 11.7 Å². The molecule has 0 aromatic heterocycles. The molecule has 1 N–H and O–H groups in total. The highest BCUT2D eigenvalue weighted by Crippen LogP contribution is 2.49. The minimum atomic E-state index is -0.619. The van der Waals surface area contributed by atoms with Crippen LogP contribution in [0.5, 0.6) is 0 Å². The highest BCUT2D eigenvalue weighted by molar-refractivity contribution is 6.35. The molecule has 1 heterocycles. The van der Waals surface area contributed by atoms with Crippen molar-refractivity contribution in [2.24, 2.45) is 5.41 Å². The number of anilines is 2. The smallest absolute Gasteiger partial charge is 0.224 e. The van der Waals surface area contributed by atoms with E-state index < -0.39 is 6.04 Å². The minimum absolute atomic E-state index is 0.0267. The summed E-state index contributed by atoms with van der Waals surface area (Å²) in [5.41, 5.74) is 3.48. The first-order valence-electron chi connectivity index (χ1n) is 9.55. The van der Waals surface area contributed by atoms with Crippen molar-refractivity contribution < 1.29 is 9.59 Å². The quantitative estimate of drug-likeness (QED) is 0.591. The third-order valence-corrected chi connectivity index (χ3v) is 6.06. The lowest BCUT2D eigenvalue weighted by atomic mass is 9.73. The molecule has 0 saturated heterocycles. The van der Waals surface area contributed by atoms with Crippen molar-refractivity contribution in [2.75, 3.05) is 10.2 Å². The summed E-state index contributed by atoms with van der Waals surface area (Å²) in [6.07, 6.45) is 1.12. The van der Waals surface area contributed by atoms with Crippen molar-refractivity contribution in [3.05, 3.63) is 69.3 Å². The number of fused-ring (bicyclic) bond motifs is 1. The van der Waals surface area contributed by atoms with Crippen LogP contribution in [0, 0.1) is 5.41 Å². The number of carbonyl (C=O) groups is 2. The number of hydrogen-bond acceptors (Lipinski definition) is 3. The molecule has 1 amide bonds. The summed E-state index contributed by atoms with van der Waals surface area (Å²) in [6, 6.07) is 12.2. The van der Waals surface area contributed by atoms with Gasteiger partial charge in [0.1, 0.15) is 0 Å². The van der Waals surface area contributed by atoms with Crippen molar-refractivity contribution in [2.45, 2.75) is 39.7 Å². The molecule has 4 rings (SSSR count). The topological polar surface area (TPSA) is 49.4 Å².